The van der Waals surface area contributed by atoms with E-state index < -0.39 is 56.7 Å². The van der Waals surface area contributed by atoms with E-state index in [-0.39, 0.29) is 88.0 Å². The molecular formula is C47H50FN7O11S2. The minimum Gasteiger partial charge on any atom is -0.490 e. The van der Waals surface area contributed by atoms with Crippen molar-refractivity contribution in [3.63, 3.8) is 0 Å². The van der Waals surface area contributed by atoms with E-state index >= 15 is 4.39 Å². The Labute approximate surface area is 393 Å². The number of aliphatic hydroxyl groups is 1. The number of unbranched alkanes of at least 4 members (excludes halogenated alkanes) is 2. The summed E-state index contributed by atoms with van der Waals surface area (Å²) in [5.74, 6) is -4.05. The number of fused-ring (bicyclic) bond motifs is 6. The minimum absolute atomic E-state index is 0.0208. The number of carbonyl (C=O) groups excluding carboxylic acids is 5. The van der Waals surface area contributed by atoms with Crippen LogP contribution in [0.4, 0.5) is 10.1 Å². The van der Waals surface area contributed by atoms with E-state index in [1.165, 1.54) is 11.5 Å². The van der Waals surface area contributed by atoms with Gasteiger partial charge in [-0.2, -0.15) is 0 Å². The van der Waals surface area contributed by atoms with Gasteiger partial charge in [0.2, 0.25) is 31.9 Å². The topological polar surface area (TPSA) is 254 Å². The zero-order chi connectivity index (χ0) is 48.4. The van der Waals surface area contributed by atoms with Crippen LogP contribution in [0.25, 0.3) is 32.5 Å². The van der Waals surface area contributed by atoms with Gasteiger partial charge in [-0.25, -0.2) is 27.6 Å². The van der Waals surface area contributed by atoms with Crippen molar-refractivity contribution in [3.8, 4) is 17.1 Å². The highest BCUT2D eigenvalue weighted by Gasteiger charge is 2.46. The van der Waals surface area contributed by atoms with Gasteiger partial charge in [-0.3, -0.25) is 24.0 Å². The molecule has 4 amide bonds. The normalized spacial score (nSPS) is 18.0. The molecule has 5 N–H and O–H groups in total. The Kier molecular flexibility index (Phi) is 12.4. The second-order valence-electron chi connectivity index (χ2n) is 18.1. The first-order chi connectivity index (χ1) is 32.4. The van der Waals surface area contributed by atoms with Crippen LogP contribution in [0, 0.1) is 11.7 Å². The average molecular weight is 972 g/mol. The first kappa shape index (κ1) is 46.8. The molecule has 21 heteroatoms. The summed E-state index contributed by atoms with van der Waals surface area (Å²) >= 11 is 1.06. The average Bonchev–Trinajstić information content (AvgIpc) is 3.99. The van der Waals surface area contributed by atoms with Gasteiger partial charge in [-0.15, -0.1) is 11.3 Å². The molecule has 3 aromatic heterocycles. The molecule has 6 heterocycles. The van der Waals surface area contributed by atoms with Gasteiger partial charge in [-0.1, -0.05) is 27.2 Å². The van der Waals surface area contributed by atoms with Crippen LogP contribution >= 0.6 is 11.3 Å². The maximum absolute atomic E-state index is 16.0. The predicted molar refractivity (Wildman–Crippen MR) is 247 cm³/mol. The van der Waals surface area contributed by atoms with Gasteiger partial charge in [-0.05, 0) is 74.8 Å². The number of nitrogens with one attached hydrogen (secondary N) is 4. The van der Waals surface area contributed by atoms with E-state index in [1.807, 2.05) is 0 Å². The zero-order valence-corrected chi connectivity index (χ0v) is 39.4. The largest absolute Gasteiger partial charge is 0.490 e. The molecule has 358 valence electrons. The summed E-state index contributed by atoms with van der Waals surface area (Å²) < 4.78 is 54.6. The first-order valence-corrected chi connectivity index (χ1v) is 25.1. The fourth-order valence-corrected chi connectivity index (χ4v) is 12.2. The van der Waals surface area contributed by atoms with Gasteiger partial charge in [0, 0.05) is 47.5 Å². The molecule has 2 aromatic carbocycles. The molecule has 0 bridgehead atoms. The van der Waals surface area contributed by atoms with Crippen LogP contribution in [0.3, 0.4) is 0 Å². The number of hydrogen-bond acceptors (Lipinski definition) is 14. The van der Waals surface area contributed by atoms with Crippen LogP contribution in [0.15, 0.2) is 39.5 Å². The van der Waals surface area contributed by atoms with Crippen molar-refractivity contribution in [1.29, 1.82) is 0 Å². The molecule has 4 aliphatic rings. The predicted octanol–water partition coefficient (Wildman–Crippen LogP) is 4.27. The van der Waals surface area contributed by atoms with E-state index in [2.05, 4.69) is 26.3 Å². The number of amides is 4. The Balaban J connectivity index is 0.789. The standard InChI is InChI=1S/C47H50FN7O11S2/c1-5-47(62)29-18-33-38-27(20-55(33)44(60)28(29)21-66-45(47)61)26-14-16-65-40-36(26)32(51-38)19-30(48)39(40)54-41(57)23(4)50-43(59)37(22(2)3)53-35(56)9-7-6-8-15-49-42(58)24-10-13-31-34(17-24)67-46(52-31)68(63,64)25-11-12-25/h10,13,17-19,22-23,25,37,62H,5-9,11-12,14-16,20-21H2,1-4H3,(H,49,58)(H,50,59)(H,53,56)(H,54,57)/t23-,37-,47-/m0/s1. The van der Waals surface area contributed by atoms with Crippen LogP contribution in [0.1, 0.15) is 105 Å². The van der Waals surface area contributed by atoms with Crippen molar-refractivity contribution in [2.45, 2.75) is 119 Å². The molecule has 68 heavy (non-hydrogen) atoms. The third-order valence-corrected chi connectivity index (χ3v) is 16.8. The number of thiazole rings is 1. The Morgan fingerprint density at radius 2 is 1.75 bits per heavy atom. The lowest BCUT2D eigenvalue weighted by Crippen LogP contribution is -2.53. The molecule has 0 spiro atoms. The smallest absolute Gasteiger partial charge is 0.343 e. The van der Waals surface area contributed by atoms with Crippen molar-refractivity contribution < 1.29 is 51.4 Å². The second kappa shape index (κ2) is 18.0. The van der Waals surface area contributed by atoms with Crippen LogP contribution in [0.2, 0.25) is 0 Å². The highest BCUT2D eigenvalue weighted by Crippen LogP contribution is 2.46. The summed E-state index contributed by atoms with van der Waals surface area (Å²) in [6.45, 7) is 6.85. The van der Waals surface area contributed by atoms with Crippen molar-refractivity contribution in [1.82, 2.24) is 30.5 Å². The van der Waals surface area contributed by atoms with E-state index in [9.17, 15) is 42.3 Å². The van der Waals surface area contributed by atoms with Crippen molar-refractivity contribution in [2.24, 2.45) is 5.92 Å². The second-order valence-corrected chi connectivity index (χ2v) is 21.5. The summed E-state index contributed by atoms with van der Waals surface area (Å²) in [6, 6.07) is 5.46. The van der Waals surface area contributed by atoms with Gasteiger partial charge >= 0.3 is 5.97 Å². The van der Waals surface area contributed by atoms with Crippen LogP contribution in [0.5, 0.6) is 5.75 Å². The first-order valence-electron chi connectivity index (χ1n) is 22.7. The summed E-state index contributed by atoms with van der Waals surface area (Å²) in [4.78, 5) is 88.3. The van der Waals surface area contributed by atoms with E-state index in [0.717, 1.165) is 23.0 Å². The van der Waals surface area contributed by atoms with Gasteiger partial charge in [0.1, 0.15) is 24.4 Å². The zero-order valence-electron chi connectivity index (χ0n) is 37.7. The highest BCUT2D eigenvalue weighted by molar-refractivity contribution is 7.94. The molecule has 0 saturated heterocycles. The van der Waals surface area contributed by atoms with Crippen molar-refractivity contribution in [3.05, 3.63) is 74.3 Å². The lowest BCUT2D eigenvalue weighted by molar-refractivity contribution is -0.172. The number of sulfone groups is 1. The number of pyridine rings is 2. The number of hydrogen-bond donors (Lipinski definition) is 5. The summed E-state index contributed by atoms with van der Waals surface area (Å²) in [7, 11) is -3.43. The molecule has 1 saturated carbocycles. The lowest BCUT2D eigenvalue weighted by atomic mass is 9.86. The number of rotatable bonds is 16. The molecule has 5 aromatic rings. The van der Waals surface area contributed by atoms with Gasteiger partial charge in [0.25, 0.3) is 11.5 Å². The van der Waals surface area contributed by atoms with Crippen molar-refractivity contribution in [2.75, 3.05) is 18.5 Å². The van der Waals surface area contributed by atoms with E-state index in [0.29, 0.717) is 83.2 Å². The summed E-state index contributed by atoms with van der Waals surface area (Å²) in [5, 5.41) is 22.2. The summed E-state index contributed by atoms with van der Waals surface area (Å²) in [6.07, 6.45) is 3.42. The third-order valence-electron chi connectivity index (χ3n) is 13.1. The molecule has 18 nitrogen and oxygen atoms in total. The number of aromatic nitrogens is 3. The maximum Gasteiger partial charge on any atom is 0.343 e. The molecule has 0 unspecified atom stereocenters. The Hall–Kier alpha value is -6.32. The Morgan fingerprint density at radius 1 is 0.971 bits per heavy atom. The number of anilines is 1. The van der Waals surface area contributed by atoms with Crippen LogP contribution in [-0.4, -0.2) is 88.1 Å². The number of carbonyl (C=O) groups is 5. The molecule has 3 aliphatic heterocycles. The lowest BCUT2D eigenvalue weighted by Gasteiger charge is -2.31. The van der Waals surface area contributed by atoms with Crippen molar-refractivity contribution >= 4 is 77.6 Å². The fourth-order valence-electron chi connectivity index (χ4n) is 9.02. The number of ether oxygens (including phenoxy) is 2. The minimum atomic E-state index is -3.43. The number of cyclic esters (lactones) is 1. The molecule has 1 aliphatic carbocycles. The van der Waals surface area contributed by atoms with Crippen LogP contribution in [-0.2, 0) is 58.9 Å². The highest BCUT2D eigenvalue weighted by atomic mass is 32.2. The van der Waals surface area contributed by atoms with E-state index in [4.69, 9.17) is 14.5 Å². The van der Waals surface area contributed by atoms with Gasteiger partial charge < -0.3 is 40.4 Å². The maximum atomic E-state index is 16.0. The molecule has 3 atom stereocenters. The number of benzene rings is 2. The number of nitrogens with zero attached hydrogens (tertiary/aromatic N) is 3. The number of esters is 1. The molecular weight excluding hydrogens is 922 g/mol. The van der Waals surface area contributed by atoms with Gasteiger partial charge in [0.15, 0.2) is 17.2 Å². The quantitative estimate of drug-likeness (QED) is 0.0672. The molecule has 9 rings (SSSR count). The molecule has 1 fully saturated rings. The summed E-state index contributed by atoms with van der Waals surface area (Å²) in [5.41, 5.74) is 0.959. The van der Waals surface area contributed by atoms with Crippen LogP contribution < -0.4 is 31.6 Å². The van der Waals surface area contributed by atoms with Gasteiger partial charge in [0.05, 0.1) is 51.1 Å². The molecule has 0 radical (unpaired) electrons. The third kappa shape index (κ3) is 8.37. The number of halogens is 1. The fraction of sp³-hybridized carbons (Fsp3) is 0.447. The Bertz CT molecular complexity index is 3150. The monoisotopic (exact) mass is 971 g/mol. The SMILES string of the molecule is CC[C@@]1(O)C(=O)OCc2c1cc1n(c2=O)Cc2c-1nc1cc(F)c(NC(=O)[C@H](C)NC(=O)[C@@H](NC(=O)CCCCCNC(=O)c3ccc4nc(S(=O)(=O)C5CC5)sc4c3)C(C)C)c3c1c2CCO3. The Morgan fingerprint density at radius 3 is 2.49 bits per heavy atom. The van der Waals surface area contributed by atoms with E-state index in [1.54, 1.807) is 45.0 Å².